The van der Waals surface area contributed by atoms with Crippen LogP contribution in [0.2, 0.25) is 0 Å². The zero-order valence-corrected chi connectivity index (χ0v) is 31.9. The van der Waals surface area contributed by atoms with Gasteiger partial charge >= 0.3 is 0 Å². The van der Waals surface area contributed by atoms with Crippen LogP contribution in [0.25, 0.3) is 119 Å². The van der Waals surface area contributed by atoms with Crippen LogP contribution in [0.15, 0.2) is 180 Å². The second kappa shape index (κ2) is 12.8. The van der Waals surface area contributed by atoms with Gasteiger partial charge in [-0.3, -0.25) is 0 Å². The fraction of sp³-hybridized carbons (Fsp3) is 0. The molecule has 57 heavy (non-hydrogen) atoms. The molecule has 0 aliphatic rings. The molecule has 0 saturated carbocycles. The van der Waals surface area contributed by atoms with E-state index in [0.717, 1.165) is 55.3 Å². The van der Waals surface area contributed by atoms with Gasteiger partial charge in [0.15, 0.2) is 17.5 Å². The first kappa shape index (κ1) is 32.3. The molecule has 0 atom stereocenters. The minimum absolute atomic E-state index is 0.634. The predicted molar refractivity (Wildman–Crippen MR) is 240 cm³/mol. The second-order valence-corrected chi connectivity index (χ2v) is 16.5. The Bertz CT molecular complexity index is 3530. The van der Waals surface area contributed by atoms with E-state index in [2.05, 4.69) is 146 Å². The number of fused-ring (bicyclic) bond motifs is 9. The lowest BCUT2D eigenvalue weighted by Crippen LogP contribution is -2.00. The average molecular weight is 764 g/mol. The van der Waals surface area contributed by atoms with E-state index < -0.39 is 0 Å². The molecule has 0 radical (unpaired) electrons. The van der Waals surface area contributed by atoms with Gasteiger partial charge < -0.3 is 4.42 Å². The summed E-state index contributed by atoms with van der Waals surface area (Å²) < 4.78 is 11.6. The molecule has 266 valence electrons. The first-order valence-corrected chi connectivity index (χ1v) is 20.5. The van der Waals surface area contributed by atoms with Gasteiger partial charge in [-0.1, -0.05) is 127 Å². The van der Waals surface area contributed by atoms with Gasteiger partial charge in [0.1, 0.15) is 11.2 Å². The molecular weight excluding hydrogens is 735 g/mol. The van der Waals surface area contributed by atoms with Gasteiger partial charge in [0.2, 0.25) is 0 Å². The molecule has 0 aliphatic heterocycles. The highest BCUT2D eigenvalue weighted by Crippen LogP contribution is 2.41. The van der Waals surface area contributed by atoms with Gasteiger partial charge in [0.05, 0.1) is 0 Å². The summed E-state index contributed by atoms with van der Waals surface area (Å²) in [6, 6.07) is 62.1. The van der Waals surface area contributed by atoms with Crippen molar-refractivity contribution in [3.63, 3.8) is 0 Å². The Morgan fingerprint density at radius 3 is 1.65 bits per heavy atom. The highest BCUT2D eigenvalue weighted by atomic mass is 32.1. The highest BCUT2D eigenvalue weighted by Gasteiger charge is 2.17. The standard InChI is InChI=1S/C51H29N3OS2/c1-2-9-31(10-3-1)49-52-50(54-51(53-49)35-22-24-39-37-11-4-6-15-44(37)57-47(39)29-35)32-19-17-30(18-20-32)36-13-8-14-42-48(36)40-25-21-34(28-43(40)55-42)33-23-26-46-41(27-33)38-12-5-7-16-45(38)56-46/h1-29H. The van der Waals surface area contributed by atoms with E-state index in [9.17, 15) is 0 Å². The fourth-order valence-electron chi connectivity index (χ4n) is 8.17. The summed E-state index contributed by atoms with van der Waals surface area (Å²) in [5.41, 5.74) is 9.12. The topological polar surface area (TPSA) is 51.8 Å². The lowest BCUT2D eigenvalue weighted by atomic mass is 9.97. The Kier molecular flexibility index (Phi) is 7.24. The van der Waals surface area contributed by atoms with Crippen LogP contribution in [0.1, 0.15) is 0 Å². The summed E-state index contributed by atoms with van der Waals surface area (Å²) >= 11 is 3.64. The van der Waals surface area contributed by atoms with Crippen molar-refractivity contribution in [1.29, 1.82) is 0 Å². The minimum atomic E-state index is 0.634. The first-order valence-electron chi connectivity index (χ1n) is 18.9. The normalized spacial score (nSPS) is 11.9. The third-order valence-electron chi connectivity index (χ3n) is 11.0. The summed E-state index contributed by atoms with van der Waals surface area (Å²) in [5, 5.41) is 7.32. The lowest BCUT2D eigenvalue weighted by Gasteiger charge is -2.10. The van der Waals surface area contributed by atoms with Crippen LogP contribution in [-0.2, 0) is 0 Å². The van der Waals surface area contributed by atoms with Gasteiger partial charge in [0, 0.05) is 67.8 Å². The quantitative estimate of drug-likeness (QED) is 0.175. The Morgan fingerprint density at radius 2 is 0.860 bits per heavy atom. The van der Waals surface area contributed by atoms with E-state index in [4.69, 9.17) is 19.4 Å². The average Bonchev–Trinajstić information content (AvgIpc) is 3.97. The zero-order chi connectivity index (χ0) is 37.5. The van der Waals surface area contributed by atoms with Crippen LogP contribution < -0.4 is 0 Å². The molecule has 0 bridgehead atoms. The zero-order valence-electron chi connectivity index (χ0n) is 30.3. The minimum Gasteiger partial charge on any atom is -0.456 e. The van der Waals surface area contributed by atoms with Crippen LogP contribution in [0.5, 0.6) is 0 Å². The number of thiophene rings is 2. The molecule has 0 aliphatic carbocycles. The largest absolute Gasteiger partial charge is 0.456 e. The van der Waals surface area contributed by atoms with Gasteiger partial charge in [-0.05, 0) is 70.8 Å². The Hall–Kier alpha value is -6.99. The predicted octanol–water partition coefficient (Wildman–Crippen LogP) is 14.8. The van der Waals surface area contributed by atoms with E-state index in [0.29, 0.717) is 17.5 Å². The smallest absolute Gasteiger partial charge is 0.164 e. The second-order valence-electron chi connectivity index (χ2n) is 14.4. The van der Waals surface area contributed by atoms with Crippen molar-refractivity contribution in [1.82, 2.24) is 15.0 Å². The third-order valence-corrected chi connectivity index (χ3v) is 13.3. The molecule has 12 aromatic rings. The monoisotopic (exact) mass is 763 g/mol. The van der Waals surface area contributed by atoms with Crippen molar-refractivity contribution >= 4 is 85.0 Å². The first-order chi connectivity index (χ1) is 28.2. The number of hydrogen-bond acceptors (Lipinski definition) is 6. The van der Waals surface area contributed by atoms with Gasteiger partial charge in [-0.15, -0.1) is 22.7 Å². The van der Waals surface area contributed by atoms with E-state index in [-0.39, 0.29) is 0 Å². The number of rotatable bonds is 5. The van der Waals surface area contributed by atoms with Crippen LogP contribution in [0, 0.1) is 0 Å². The molecule has 0 spiro atoms. The van der Waals surface area contributed by atoms with Crippen molar-refractivity contribution in [2.45, 2.75) is 0 Å². The van der Waals surface area contributed by atoms with E-state index in [1.165, 1.54) is 45.9 Å². The van der Waals surface area contributed by atoms with Crippen molar-refractivity contribution in [3.05, 3.63) is 176 Å². The molecule has 4 heterocycles. The summed E-state index contributed by atoms with van der Waals surface area (Å²) in [6.45, 7) is 0. The third kappa shape index (κ3) is 5.37. The van der Waals surface area contributed by atoms with Crippen molar-refractivity contribution < 1.29 is 4.42 Å². The van der Waals surface area contributed by atoms with Crippen LogP contribution in [0.4, 0.5) is 0 Å². The molecule has 6 heteroatoms. The Balaban J connectivity index is 0.925. The van der Waals surface area contributed by atoms with Crippen molar-refractivity contribution in [2.24, 2.45) is 0 Å². The Labute approximate surface area is 335 Å². The summed E-state index contributed by atoms with van der Waals surface area (Å²) in [5.74, 6) is 1.93. The summed E-state index contributed by atoms with van der Waals surface area (Å²) in [7, 11) is 0. The molecular formula is C51H29N3OS2. The molecule has 0 unspecified atom stereocenters. The number of furan rings is 1. The number of hydrogen-bond donors (Lipinski definition) is 0. The van der Waals surface area contributed by atoms with Gasteiger partial charge in [-0.2, -0.15) is 0 Å². The molecule has 0 fully saturated rings. The van der Waals surface area contributed by atoms with E-state index in [1.54, 1.807) is 11.3 Å². The lowest BCUT2D eigenvalue weighted by molar-refractivity contribution is 0.669. The highest BCUT2D eigenvalue weighted by molar-refractivity contribution is 7.26. The van der Waals surface area contributed by atoms with Gasteiger partial charge in [0.25, 0.3) is 0 Å². The summed E-state index contributed by atoms with van der Waals surface area (Å²) in [4.78, 5) is 15.1. The molecule has 0 saturated heterocycles. The number of benzene rings is 8. The van der Waals surface area contributed by atoms with Crippen LogP contribution >= 0.6 is 22.7 Å². The Morgan fingerprint density at radius 1 is 0.316 bits per heavy atom. The maximum Gasteiger partial charge on any atom is 0.164 e. The molecule has 0 N–H and O–H groups in total. The van der Waals surface area contributed by atoms with Crippen molar-refractivity contribution in [2.75, 3.05) is 0 Å². The van der Waals surface area contributed by atoms with Crippen molar-refractivity contribution in [3.8, 4) is 56.4 Å². The van der Waals surface area contributed by atoms with Crippen LogP contribution in [-0.4, -0.2) is 15.0 Å². The maximum atomic E-state index is 6.54. The molecule has 4 nitrogen and oxygen atoms in total. The number of aromatic nitrogens is 3. The van der Waals surface area contributed by atoms with E-state index >= 15 is 0 Å². The fourth-order valence-corrected chi connectivity index (χ4v) is 10.4. The van der Waals surface area contributed by atoms with E-state index in [1.807, 2.05) is 41.7 Å². The van der Waals surface area contributed by atoms with Crippen LogP contribution in [0.3, 0.4) is 0 Å². The SMILES string of the molecule is c1ccc(-c2nc(-c3ccc(-c4cccc5oc6cc(-c7ccc8sc9ccccc9c8c7)ccc6c45)cc3)nc(-c3ccc4c(c3)sc3ccccc34)n2)cc1. The summed E-state index contributed by atoms with van der Waals surface area (Å²) in [6.07, 6.45) is 0. The molecule has 12 rings (SSSR count). The maximum absolute atomic E-state index is 6.54. The molecule has 4 aromatic heterocycles. The molecule has 0 amide bonds. The molecule has 8 aromatic carbocycles. The van der Waals surface area contributed by atoms with Gasteiger partial charge in [-0.25, -0.2) is 15.0 Å². The number of nitrogens with zero attached hydrogens (tertiary/aromatic N) is 3.